The molecule has 0 atom stereocenters. The molecule has 1 heterocycles. The molecule has 0 saturated carbocycles. The fraction of sp³-hybridized carbons (Fsp3) is 0.240. The van der Waals surface area contributed by atoms with Gasteiger partial charge in [-0.05, 0) is 46.9 Å². The van der Waals surface area contributed by atoms with Gasteiger partial charge in [-0.2, -0.15) is 5.10 Å². The Bertz CT molecular complexity index is 1070. The first-order valence-electron chi connectivity index (χ1n) is 10.3. The molecule has 0 unspecified atom stereocenters. The van der Waals surface area contributed by atoms with E-state index in [1.54, 1.807) is 0 Å². The first-order valence-corrected chi connectivity index (χ1v) is 11.1. The van der Waals surface area contributed by atoms with Gasteiger partial charge in [-0.1, -0.05) is 77.8 Å². The Morgan fingerprint density at radius 3 is 2.00 bits per heavy atom. The summed E-state index contributed by atoms with van der Waals surface area (Å²) < 4.78 is 0. The Hall–Kier alpha value is -2.33. The van der Waals surface area contributed by atoms with E-state index >= 15 is 0 Å². The number of piperazine rings is 1. The predicted octanol–water partition coefficient (Wildman–Crippen LogP) is 6.11. The fourth-order valence-electron chi connectivity index (χ4n) is 4.58. The monoisotopic (exact) mass is 435 g/mol. The average Bonchev–Trinajstić information content (AvgIpc) is 3.11. The van der Waals surface area contributed by atoms with Crippen LogP contribution in [0.5, 0.6) is 0 Å². The fourth-order valence-corrected chi connectivity index (χ4v) is 4.88. The van der Waals surface area contributed by atoms with E-state index in [2.05, 4.69) is 58.4 Å². The van der Waals surface area contributed by atoms with E-state index in [1.807, 2.05) is 25.1 Å². The van der Waals surface area contributed by atoms with Gasteiger partial charge in [0.1, 0.15) is 0 Å². The van der Waals surface area contributed by atoms with Crippen LogP contribution in [0.25, 0.3) is 11.1 Å². The Kier molecular flexibility index (Phi) is 5.28. The largest absolute Gasteiger partial charge is 0.294 e. The standard InChI is InChI=1S/C25H23Cl2N3/c1-17(18-10-11-23(26)24(27)16-18)28-30-14-12-29(13-15-30)25-21-8-4-2-6-19(21)20-7-3-5-9-22(20)25/h2-11,16,25H,12-15H2,1H3/b28-17+. The maximum atomic E-state index is 6.17. The van der Waals surface area contributed by atoms with E-state index in [0.717, 1.165) is 37.5 Å². The van der Waals surface area contributed by atoms with Gasteiger partial charge in [0.2, 0.25) is 0 Å². The molecule has 5 rings (SSSR count). The number of hydrazone groups is 1. The Balaban J connectivity index is 1.33. The van der Waals surface area contributed by atoms with Gasteiger partial charge in [0.25, 0.3) is 0 Å². The molecule has 5 heteroatoms. The zero-order chi connectivity index (χ0) is 20.7. The van der Waals surface area contributed by atoms with Gasteiger partial charge in [-0.15, -0.1) is 0 Å². The third-order valence-corrected chi connectivity index (χ3v) is 6.82. The van der Waals surface area contributed by atoms with Crippen molar-refractivity contribution in [1.29, 1.82) is 0 Å². The van der Waals surface area contributed by atoms with Crippen LogP contribution in [-0.4, -0.2) is 41.8 Å². The second-order valence-corrected chi connectivity index (χ2v) is 8.70. The summed E-state index contributed by atoms with van der Waals surface area (Å²) in [7, 11) is 0. The van der Waals surface area contributed by atoms with Gasteiger partial charge in [0.05, 0.1) is 21.8 Å². The summed E-state index contributed by atoms with van der Waals surface area (Å²) in [5.74, 6) is 0. The topological polar surface area (TPSA) is 18.8 Å². The van der Waals surface area contributed by atoms with Crippen LogP contribution in [0.3, 0.4) is 0 Å². The van der Waals surface area contributed by atoms with Crippen molar-refractivity contribution in [2.45, 2.75) is 13.0 Å². The molecule has 152 valence electrons. The highest BCUT2D eigenvalue weighted by Gasteiger charge is 2.33. The van der Waals surface area contributed by atoms with Crippen molar-refractivity contribution in [1.82, 2.24) is 9.91 Å². The molecule has 1 fully saturated rings. The highest BCUT2D eigenvalue weighted by atomic mass is 35.5. The number of halogens is 2. The molecule has 2 aliphatic rings. The molecule has 1 aliphatic heterocycles. The lowest BCUT2D eigenvalue weighted by atomic mass is 10.0. The number of benzene rings is 3. The molecule has 0 amide bonds. The second kappa shape index (κ2) is 8.07. The maximum Gasteiger partial charge on any atom is 0.0647 e. The molecule has 30 heavy (non-hydrogen) atoms. The number of hydrogen-bond acceptors (Lipinski definition) is 3. The molecule has 3 aromatic carbocycles. The molecular weight excluding hydrogens is 413 g/mol. The van der Waals surface area contributed by atoms with Crippen LogP contribution in [0.1, 0.15) is 29.7 Å². The molecule has 0 aromatic heterocycles. The Morgan fingerprint density at radius 2 is 1.40 bits per heavy atom. The van der Waals surface area contributed by atoms with E-state index in [4.69, 9.17) is 28.3 Å². The highest BCUT2D eigenvalue weighted by molar-refractivity contribution is 6.42. The summed E-state index contributed by atoms with van der Waals surface area (Å²) in [4.78, 5) is 2.59. The van der Waals surface area contributed by atoms with Crippen LogP contribution in [0.2, 0.25) is 10.0 Å². The summed E-state index contributed by atoms with van der Waals surface area (Å²) in [5, 5.41) is 8.15. The molecule has 0 bridgehead atoms. The van der Waals surface area contributed by atoms with Gasteiger partial charge >= 0.3 is 0 Å². The highest BCUT2D eigenvalue weighted by Crippen LogP contribution is 2.46. The minimum absolute atomic E-state index is 0.333. The molecule has 0 spiro atoms. The molecule has 1 aliphatic carbocycles. The van der Waals surface area contributed by atoms with Crippen molar-refractivity contribution >= 4 is 28.9 Å². The number of nitrogens with zero attached hydrogens (tertiary/aromatic N) is 3. The predicted molar refractivity (Wildman–Crippen MR) is 126 cm³/mol. The van der Waals surface area contributed by atoms with Gasteiger partial charge in [-0.25, -0.2) is 0 Å². The van der Waals surface area contributed by atoms with Crippen molar-refractivity contribution in [3.8, 4) is 11.1 Å². The smallest absolute Gasteiger partial charge is 0.0647 e. The van der Waals surface area contributed by atoms with Crippen LogP contribution in [0, 0.1) is 0 Å². The van der Waals surface area contributed by atoms with Gasteiger partial charge in [0, 0.05) is 26.2 Å². The van der Waals surface area contributed by atoms with Crippen LogP contribution in [-0.2, 0) is 0 Å². The Labute approximate surface area is 187 Å². The normalized spacial score (nSPS) is 17.2. The molecule has 0 N–H and O–H groups in total. The first-order chi connectivity index (χ1) is 14.6. The van der Waals surface area contributed by atoms with E-state index < -0.39 is 0 Å². The summed E-state index contributed by atoms with van der Waals surface area (Å²) in [6, 6.07) is 23.6. The van der Waals surface area contributed by atoms with Crippen LogP contribution < -0.4 is 0 Å². The lowest BCUT2D eigenvalue weighted by Gasteiger charge is -2.37. The Morgan fingerprint density at radius 1 is 0.800 bits per heavy atom. The zero-order valence-electron chi connectivity index (χ0n) is 16.9. The van der Waals surface area contributed by atoms with Crippen molar-refractivity contribution in [2.24, 2.45) is 5.10 Å². The molecule has 3 aromatic rings. The summed E-state index contributed by atoms with van der Waals surface area (Å²) in [5.41, 5.74) is 7.54. The zero-order valence-corrected chi connectivity index (χ0v) is 18.4. The van der Waals surface area contributed by atoms with E-state index in [1.165, 1.54) is 22.3 Å². The maximum absolute atomic E-state index is 6.17. The van der Waals surface area contributed by atoms with Crippen molar-refractivity contribution in [3.63, 3.8) is 0 Å². The minimum Gasteiger partial charge on any atom is -0.294 e. The molecule has 1 saturated heterocycles. The lowest BCUT2D eigenvalue weighted by molar-refractivity contribution is 0.114. The third-order valence-electron chi connectivity index (χ3n) is 6.09. The van der Waals surface area contributed by atoms with E-state index in [9.17, 15) is 0 Å². The van der Waals surface area contributed by atoms with Gasteiger partial charge in [-0.3, -0.25) is 9.91 Å². The first kappa shape index (κ1) is 19.6. The van der Waals surface area contributed by atoms with Crippen LogP contribution in [0.15, 0.2) is 71.8 Å². The van der Waals surface area contributed by atoms with Crippen molar-refractivity contribution in [3.05, 3.63) is 93.5 Å². The van der Waals surface area contributed by atoms with Crippen molar-refractivity contribution in [2.75, 3.05) is 26.2 Å². The summed E-state index contributed by atoms with van der Waals surface area (Å²) in [6.07, 6.45) is 0. The second-order valence-electron chi connectivity index (χ2n) is 7.88. The summed E-state index contributed by atoms with van der Waals surface area (Å²) >= 11 is 12.2. The van der Waals surface area contributed by atoms with Crippen LogP contribution in [0.4, 0.5) is 0 Å². The molecule has 3 nitrogen and oxygen atoms in total. The molecule has 0 radical (unpaired) electrons. The number of fused-ring (bicyclic) bond motifs is 3. The number of rotatable bonds is 3. The van der Waals surface area contributed by atoms with Gasteiger partial charge in [0.15, 0.2) is 0 Å². The number of hydrogen-bond donors (Lipinski definition) is 0. The van der Waals surface area contributed by atoms with Gasteiger partial charge < -0.3 is 0 Å². The lowest BCUT2D eigenvalue weighted by Crippen LogP contribution is -2.45. The van der Waals surface area contributed by atoms with E-state index in [-0.39, 0.29) is 0 Å². The molecular formula is C25H23Cl2N3. The van der Waals surface area contributed by atoms with Crippen LogP contribution >= 0.6 is 23.2 Å². The third kappa shape index (κ3) is 3.51. The minimum atomic E-state index is 0.333. The quantitative estimate of drug-likeness (QED) is 0.462. The van der Waals surface area contributed by atoms with E-state index in [0.29, 0.717) is 16.1 Å². The van der Waals surface area contributed by atoms with Crippen molar-refractivity contribution < 1.29 is 0 Å². The SMILES string of the molecule is C/C(=N\N1CCN(C2c3ccccc3-c3ccccc32)CC1)c1ccc(Cl)c(Cl)c1. The summed E-state index contributed by atoms with van der Waals surface area (Å²) in [6.45, 7) is 5.78. The average molecular weight is 436 g/mol.